The fourth-order valence-corrected chi connectivity index (χ4v) is 6.54. The van der Waals surface area contributed by atoms with E-state index >= 15 is 0 Å². The molecule has 21 heteroatoms. The van der Waals surface area contributed by atoms with Crippen LogP contribution < -0.4 is 16.4 Å². The molecule has 0 aliphatic carbocycles. The molecule has 0 spiro atoms. The number of nitrogens with one attached hydrogen (secondary N) is 2. The van der Waals surface area contributed by atoms with Gasteiger partial charge in [0.1, 0.15) is 29.3 Å². The topological polar surface area (TPSA) is 242 Å². The number of carbonyl (C=O) groups is 4. The van der Waals surface area contributed by atoms with Crippen LogP contribution in [0.2, 0.25) is 0 Å². The predicted molar refractivity (Wildman–Crippen MR) is 155 cm³/mol. The van der Waals surface area contributed by atoms with Crippen molar-refractivity contribution in [2.75, 3.05) is 30.4 Å². The largest absolute Gasteiger partial charge is 0.477 e. The molecule has 4 rings (SSSR count). The fraction of sp³-hybridized carbons (Fsp3) is 0.545. The number of β-lactam (4-membered cyclic amide) rings is 1. The highest BCUT2D eigenvalue weighted by Crippen LogP contribution is 2.41. The number of oxime groups is 1. The summed E-state index contributed by atoms with van der Waals surface area (Å²) < 4.78 is 10.6. The minimum atomic E-state index is -1.26. The van der Waals surface area contributed by atoms with E-state index in [1.54, 1.807) is 27.8 Å². The number of amides is 3. The Morgan fingerprint density at radius 2 is 2.07 bits per heavy atom. The molecule has 43 heavy (non-hydrogen) atoms. The summed E-state index contributed by atoms with van der Waals surface area (Å²) in [5.41, 5.74) is 5.13. The summed E-state index contributed by atoms with van der Waals surface area (Å²) in [6.07, 6.45) is -0.232. The number of fused-ring (bicyclic) bond motifs is 1. The molecular formula is C22H29N11O7S3. The van der Waals surface area contributed by atoms with E-state index < -0.39 is 40.9 Å². The number of carboxylic acid groups (broad SMARTS) is 1. The van der Waals surface area contributed by atoms with Gasteiger partial charge in [0.2, 0.25) is 16.7 Å². The van der Waals surface area contributed by atoms with Gasteiger partial charge in [0, 0.05) is 43.1 Å². The lowest BCUT2D eigenvalue weighted by molar-refractivity contribution is -0.150. The van der Waals surface area contributed by atoms with Crippen LogP contribution in [0.5, 0.6) is 0 Å². The molecule has 2 atom stereocenters. The number of tetrazole rings is 1. The molecule has 18 nitrogen and oxygen atoms in total. The van der Waals surface area contributed by atoms with Gasteiger partial charge in [-0.3, -0.25) is 14.5 Å². The van der Waals surface area contributed by atoms with Gasteiger partial charge in [0.15, 0.2) is 5.13 Å². The van der Waals surface area contributed by atoms with Crippen LogP contribution in [0.3, 0.4) is 0 Å². The van der Waals surface area contributed by atoms with E-state index in [9.17, 15) is 24.3 Å². The molecule has 232 valence electrons. The summed E-state index contributed by atoms with van der Waals surface area (Å²) in [6.45, 7) is 5.50. The van der Waals surface area contributed by atoms with Crippen molar-refractivity contribution in [3.05, 3.63) is 17.1 Å². The Balaban J connectivity index is 1.38. The van der Waals surface area contributed by atoms with Crippen LogP contribution in [0, 0.1) is 0 Å². The van der Waals surface area contributed by atoms with Crippen molar-refractivity contribution in [1.29, 1.82) is 0 Å². The molecule has 4 heterocycles. The van der Waals surface area contributed by atoms with Gasteiger partial charge in [-0.2, -0.15) is 9.36 Å². The number of thioether (sulfide) groups is 2. The molecule has 0 aromatic carbocycles. The van der Waals surface area contributed by atoms with E-state index in [-0.39, 0.29) is 41.3 Å². The average molecular weight is 656 g/mol. The Labute approximate surface area is 257 Å². The maximum absolute atomic E-state index is 13.2. The highest BCUT2D eigenvalue weighted by molar-refractivity contribution is 8.01. The van der Waals surface area contributed by atoms with Gasteiger partial charge in [-0.05, 0) is 36.8 Å². The zero-order chi connectivity index (χ0) is 31.3. The third-order valence-corrected chi connectivity index (χ3v) is 8.58. The van der Waals surface area contributed by atoms with Gasteiger partial charge in [-0.1, -0.05) is 16.9 Å². The summed E-state index contributed by atoms with van der Waals surface area (Å²) in [5, 5.41) is 30.1. The zero-order valence-corrected chi connectivity index (χ0v) is 25.9. The third-order valence-electron chi connectivity index (χ3n) is 5.60. The number of carboxylic acids is 1. The minimum absolute atomic E-state index is 0.0266. The van der Waals surface area contributed by atoms with Crippen LogP contribution in [-0.2, 0) is 31.0 Å². The molecule has 2 aromatic heterocycles. The highest BCUT2D eigenvalue weighted by Gasteiger charge is 2.54. The number of rotatable bonds is 12. The second-order valence-corrected chi connectivity index (χ2v) is 12.8. The van der Waals surface area contributed by atoms with E-state index in [4.69, 9.17) is 15.3 Å². The fourth-order valence-electron chi connectivity index (χ4n) is 3.77. The first-order valence-corrected chi connectivity index (χ1v) is 15.5. The first-order chi connectivity index (χ1) is 20.4. The molecular weight excluding hydrogens is 627 g/mol. The Kier molecular flexibility index (Phi) is 10.1. The standard InChI is InChI=1S/C22H29N11O7S3/c1-22(2,3)40-21(38)24-6-5-7-39-28-11(14-26-19(23)43-29-14)15(34)25-12-16(35)33-13(18(36)37)10(8-41-17(12)33)9-42-20-27-30-31-32(20)4/h12,17H,5-9H2,1-4H3,(H,24,38)(H,25,34)(H,36,37)(H2,23,26,29)/t12?,17-/m1/s1. The average Bonchev–Trinajstić information content (AvgIpc) is 3.55. The van der Waals surface area contributed by atoms with Crippen molar-refractivity contribution in [2.45, 2.75) is 49.4 Å². The van der Waals surface area contributed by atoms with Crippen LogP contribution in [0.1, 0.15) is 33.0 Å². The molecule has 0 bridgehead atoms. The van der Waals surface area contributed by atoms with Gasteiger partial charge in [0.25, 0.3) is 11.8 Å². The highest BCUT2D eigenvalue weighted by atomic mass is 32.2. The van der Waals surface area contributed by atoms with E-state index in [1.807, 2.05) is 0 Å². The number of anilines is 1. The lowest BCUT2D eigenvalue weighted by Crippen LogP contribution is -2.71. The molecule has 3 amide bonds. The number of hydrogen-bond donors (Lipinski definition) is 4. The maximum atomic E-state index is 13.2. The second-order valence-electron chi connectivity index (χ2n) is 10.0. The van der Waals surface area contributed by atoms with Gasteiger partial charge < -0.3 is 31.0 Å². The monoisotopic (exact) mass is 655 g/mol. The van der Waals surface area contributed by atoms with Crippen molar-refractivity contribution in [2.24, 2.45) is 12.2 Å². The Morgan fingerprint density at radius 3 is 2.70 bits per heavy atom. The quantitative estimate of drug-likeness (QED) is 0.0761. The molecule has 5 N–H and O–H groups in total. The van der Waals surface area contributed by atoms with Crippen molar-refractivity contribution in [3.63, 3.8) is 0 Å². The summed E-state index contributed by atoms with van der Waals surface area (Å²) in [4.78, 5) is 60.6. The number of ether oxygens (including phenoxy) is 1. The van der Waals surface area contributed by atoms with E-state index in [1.165, 1.54) is 28.2 Å². The Morgan fingerprint density at radius 1 is 1.30 bits per heavy atom. The molecule has 0 saturated carbocycles. The van der Waals surface area contributed by atoms with Crippen molar-refractivity contribution in [3.8, 4) is 0 Å². The number of aryl methyl sites for hydroxylation is 1. The number of alkyl carbamates (subject to hydrolysis) is 1. The Bertz CT molecular complexity index is 1450. The van der Waals surface area contributed by atoms with Crippen LogP contribution in [0.25, 0.3) is 0 Å². The lowest BCUT2D eigenvalue weighted by atomic mass is 10.0. The molecule has 2 aliphatic heterocycles. The lowest BCUT2D eigenvalue weighted by Gasteiger charge is -2.49. The number of aromatic nitrogens is 6. The maximum Gasteiger partial charge on any atom is 0.407 e. The first kappa shape index (κ1) is 31.9. The normalized spacial score (nSPS) is 18.6. The van der Waals surface area contributed by atoms with Crippen LogP contribution in [0.15, 0.2) is 21.6 Å². The van der Waals surface area contributed by atoms with Gasteiger partial charge in [0.05, 0.1) is 0 Å². The number of nitrogens with zero attached hydrogens (tertiary/aromatic N) is 8. The van der Waals surface area contributed by atoms with E-state index in [2.05, 4.69) is 40.7 Å². The Hall–Kier alpha value is -3.98. The van der Waals surface area contributed by atoms with Crippen molar-refractivity contribution >= 4 is 69.8 Å². The van der Waals surface area contributed by atoms with Crippen molar-refractivity contribution < 1.29 is 33.9 Å². The zero-order valence-electron chi connectivity index (χ0n) is 23.5. The van der Waals surface area contributed by atoms with Gasteiger partial charge in [-0.15, -0.1) is 16.9 Å². The van der Waals surface area contributed by atoms with E-state index in [0.29, 0.717) is 22.9 Å². The summed E-state index contributed by atoms with van der Waals surface area (Å²) in [6, 6.07) is -1.02. The molecule has 1 unspecified atom stereocenters. The molecule has 1 fully saturated rings. The predicted octanol–water partition coefficient (Wildman–Crippen LogP) is -0.190. The van der Waals surface area contributed by atoms with Crippen LogP contribution in [-0.4, -0.2) is 111 Å². The number of nitrogens with two attached hydrogens (primary N) is 1. The van der Waals surface area contributed by atoms with Gasteiger partial charge >= 0.3 is 12.1 Å². The van der Waals surface area contributed by atoms with Crippen LogP contribution in [0.4, 0.5) is 9.93 Å². The number of hydrogen-bond acceptors (Lipinski definition) is 16. The number of carbonyl (C=O) groups excluding carboxylic acids is 3. The SMILES string of the molecule is Cn1nnnc1SCC1=C(C(=O)O)N2C(=O)C(NC(=O)C(=NOCCCNC(=O)OC(C)(C)C)c3nsc(N)n3)[C@H]2SC1. The summed E-state index contributed by atoms with van der Waals surface area (Å²) in [5.74, 6) is -2.18. The third kappa shape index (κ3) is 7.90. The number of aliphatic carboxylic acids is 1. The summed E-state index contributed by atoms with van der Waals surface area (Å²) in [7, 11) is 1.66. The number of nitrogen functional groups attached to an aromatic ring is 1. The first-order valence-electron chi connectivity index (χ1n) is 12.7. The molecule has 1 saturated heterocycles. The van der Waals surface area contributed by atoms with Crippen LogP contribution >= 0.6 is 35.1 Å². The molecule has 2 aromatic rings. The van der Waals surface area contributed by atoms with Gasteiger partial charge in [-0.25, -0.2) is 14.3 Å². The summed E-state index contributed by atoms with van der Waals surface area (Å²) >= 11 is 3.40. The molecule has 0 radical (unpaired) electrons. The molecule has 2 aliphatic rings. The minimum Gasteiger partial charge on any atom is -0.477 e. The second kappa shape index (κ2) is 13.5. The smallest absolute Gasteiger partial charge is 0.407 e. The van der Waals surface area contributed by atoms with E-state index in [0.717, 1.165) is 16.4 Å². The van der Waals surface area contributed by atoms with Crippen molar-refractivity contribution in [1.82, 2.24) is 45.1 Å².